The zero-order valence-electron chi connectivity index (χ0n) is 9.94. The second-order valence-electron chi connectivity index (χ2n) is 3.68. The molecule has 0 unspecified atom stereocenters. The standard InChI is InChI=1S/C11H13F3N2O2S/c12-11(13,14)19-8-7-15-6-5-9-3-1-2-4-10(9)16(17)18/h1-4,15H,5-8H2. The highest BCUT2D eigenvalue weighted by molar-refractivity contribution is 8.00. The van der Waals surface area contributed by atoms with Gasteiger partial charge in [-0.1, -0.05) is 18.2 Å². The van der Waals surface area contributed by atoms with Gasteiger partial charge in [0.15, 0.2) is 0 Å². The number of nitrogens with one attached hydrogen (secondary N) is 1. The van der Waals surface area contributed by atoms with E-state index in [1.165, 1.54) is 6.07 Å². The van der Waals surface area contributed by atoms with E-state index in [1.54, 1.807) is 18.2 Å². The van der Waals surface area contributed by atoms with Gasteiger partial charge in [-0.05, 0) is 24.7 Å². The molecule has 0 aromatic heterocycles. The van der Waals surface area contributed by atoms with Crippen molar-refractivity contribution in [1.29, 1.82) is 0 Å². The molecule has 106 valence electrons. The molecule has 0 aliphatic carbocycles. The summed E-state index contributed by atoms with van der Waals surface area (Å²) in [6.45, 7) is 0.619. The highest BCUT2D eigenvalue weighted by Crippen LogP contribution is 2.29. The van der Waals surface area contributed by atoms with Gasteiger partial charge in [0.25, 0.3) is 5.69 Å². The summed E-state index contributed by atoms with van der Waals surface area (Å²) in [6.07, 6.45) is 0.411. The molecule has 0 spiro atoms. The molecule has 1 aromatic rings. The van der Waals surface area contributed by atoms with Crippen molar-refractivity contribution >= 4 is 17.4 Å². The largest absolute Gasteiger partial charge is 0.441 e. The predicted molar refractivity (Wildman–Crippen MR) is 68.2 cm³/mol. The highest BCUT2D eigenvalue weighted by atomic mass is 32.2. The lowest BCUT2D eigenvalue weighted by Crippen LogP contribution is -2.21. The van der Waals surface area contributed by atoms with Gasteiger partial charge in [-0.25, -0.2) is 0 Å². The number of hydrogen-bond acceptors (Lipinski definition) is 4. The number of benzene rings is 1. The average Bonchev–Trinajstić information content (AvgIpc) is 2.32. The van der Waals surface area contributed by atoms with Gasteiger partial charge in [-0.15, -0.1) is 0 Å². The van der Waals surface area contributed by atoms with Crippen LogP contribution in [0, 0.1) is 10.1 Å². The topological polar surface area (TPSA) is 55.2 Å². The van der Waals surface area contributed by atoms with Crippen LogP contribution < -0.4 is 5.32 Å². The Hall–Kier alpha value is -1.28. The zero-order valence-corrected chi connectivity index (χ0v) is 10.8. The van der Waals surface area contributed by atoms with E-state index in [4.69, 9.17) is 0 Å². The Morgan fingerprint density at radius 2 is 1.95 bits per heavy atom. The Kier molecular flexibility index (Phi) is 6.10. The lowest BCUT2D eigenvalue weighted by molar-refractivity contribution is -0.385. The molecule has 0 heterocycles. The van der Waals surface area contributed by atoms with Crippen molar-refractivity contribution < 1.29 is 18.1 Å². The fraction of sp³-hybridized carbons (Fsp3) is 0.455. The maximum absolute atomic E-state index is 11.8. The molecule has 0 aliphatic rings. The van der Waals surface area contributed by atoms with E-state index in [-0.39, 0.29) is 29.7 Å². The lowest BCUT2D eigenvalue weighted by atomic mass is 10.1. The first-order valence-corrected chi connectivity index (χ1v) is 6.52. The molecule has 0 atom stereocenters. The van der Waals surface area contributed by atoms with Crippen LogP contribution in [0.5, 0.6) is 0 Å². The van der Waals surface area contributed by atoms with E-state index in [0.29, 0.717) is 18.5 Å². The first-order chi connectivity index (χ1) is 8.90. The Labute approximate surface area is 112 Å². The molecule has 0 saturated heterocycles. The summed E-state index contributed by atoms with van der Waals surface area (Å²) in [6, 6.07) is 6.33. The summed E-state index contributed by atoms with van der Waals surface area (Å²) in [5.41, 5.74) is -3.60. The Morgan fingerprint density at radius 1 is 1.26 bits per heavy atom. The van der Waals surface area contributed by atoms with Gasteiger partial charge in [0.1, 0.15) is 0 Å². The fourth-order valence-electron chi connectivity index (χ4n) is 1.49. The molecular weight excluding hydrogens is 281 g/mol. The molecule has 1 rings (SSSR count). The molecule has 1 aromatic carbocycles. The van der Waals surface area contributed by atoms with E-state index >= 15 is 0 Å². The van der Waals surface area contributed by atoms with Crippen LogP contribution in [-0.4, -0.2) is 29.3 Å². The summed E-state index contributed by atoms with van der Waals surface area (Å²) in [4.78, 5) is 10.3. The van der Waals surface area contributed by atoms with Gasteiger partial charge in [0, 0.05) is 23.9 Å². The number of nitro groups is 1. The Morgan fingerprint density at radius 3 is 2.58 bits per heavy atom. The predicted octanol–water partition coefficient (Wildman–Crippen LogP) is 2.98. The van der Waals surface area contributed by atoms with Crippen molar-refractivity contribution in [3.63, 3.8) is 0 Å². The summed E-state index contributed by atoms with van der Waals surface area (Å²) < 4.78 is 35.5. The molecule has 0 radical (unpaired) electrons. The van der Waals surface area contributed by atoms with E-state index in [2.05, 4.69) is 5.32 Å². The first-order valence-electron chi connectivity index (χ1n) is 5.54. The van der Waals surface area contributed by atoms with Crippen molar-refractivity contribution in [3.8, 4) is 0 Å². The molecule has 0 fully saturated rings. The van der Waals surface area contributed by atoms with Gasteiger partial charge in [-0.3, -0.25) is 10.1 Å². The summed E-state index contributed by atoms with van der Waals surface area (Å²) in [5.74, 6) is -0.0691. The number of nitrogens with zero attached hydrogens (tertiary/aromatic N) is 1. The average molecular weight is 294 g/mol. The van der Waals surface area contributed by atoms with Crippen LogP contribution in [0.25, 0.3) is 0 Å². The minimum atomic E-state index is -4.21. The van der Waals surface area contributed by atoms with Gasteiger partial charge in [0.05, 0.1) is 4.92 Å². The Balaban J connectivity index is 2.28. The molecular formula is C11H13F3N2O2S. The van der Waals surface area contributed by atoms with Crippen LogP contribution in [0.4, 0.5) is 18.9 Å². The van der Waals surface area contributed by atoms with E-state index in [0.717, 1.165) is 0 Å². The second-order valence-corrected chi connectivity index (χ2v) is 4.84. The van der Waals surface area contributed by atoms with E-state index in [1.807, 2.05) is 0 Å². The van der Waals surface area contributed by atoms with Gasteiger partial charge >= 0.3 is 5.51 Å². The van der Waals surface area contributed by atoms with Crippen molar-refractivity contribution in [1.82, 2.24) is 5.32 Å². The number of rotatable bonds is 7. The lowest BCUT2D eigenvalue weighted by Gasteiger charge is -2.07. The van der Waals surface area contributed by atoms with Crippen molar-refractivity contribution in [2.45, 2.75) is 11.9 Å². The van der Waals surface area contributed by atoms with Crippen LogP contribution in [-0.2, 0) is 6.42 Å². The van der Waals surface area contributed by atoms with Gasteiger partial charge in [0.2, 0.25) is 0 Å². The molecule has 4 nitrogen and oxygen atoms in total. The molecule has 0 amide bonds. The number of alkyl halides is 3. The van der Waals surface area contributed by atoms with Gasteiger partial charge < -0.3 is 5.32 Å². The third-order valence-electron chi connectivity index (χ3n) is 2.30. The molecule has 0 saturated carbocycles. The zero-order chi connectivity index (χ0) is 14.3. The minimum absolute atomic E-state index is 0.0361. The first kappa shape index (κ1) is 15.8. The van der Waals surface area contributed by atoms with Crippen molar-refractivity contribution in [3.05, 3.63) is 39.9 Å². The number of thioether (sulfide) groups is 1. The van der Waals surface area contributed by atoms with Crippen LogP contribution in [0.3, 0.4) is 0 Å². The third-order valence-corrected chi connectivity index (χ3v) is 3.04. The van der Waals surface area contributed by atoms with E-state index < -0.39 is 10.4 Å². The number of para-hydroxylation sites is 1. The van der Waals surface area contributed by atoms with Gasteiger partial charge in [-0.2, -0.15) is 13.2 Å². The monoisotopic (exact) mass is 294 g/mol. The maximum Gasteiger partial charge on any atom is 0.441 e. The van der Waals surface area contributed by atoms with Crippen LogP contribution in [0.15, 0.2) is 24.3 Å². The summed E-state index contributed by atoms with van der Waals surface area (Å²) in [5, 5.41) is 13.6. The van der Waals surface area contributed by atoms with Crippen LogP contribution >= 0.6 is 11.8 Å². The fourth-order valence-corrected chi connectivity index (χ4v) is 1.97. The van der Waals surface area contributed by atoms with Crippen molar-refractivity contribution in [2.24, 2.45) is 0 Å². The van der Waals surface area contributed by atoms with Crippen LogP contribution in [0.1, 0.15) is 5.56 Å². The molecule has 0 bridgehead atoms. The number of hydrogen-bond donors (Lipinski definition) is 1. The summed E-state index contributed by atoms with van der Waals surface area (Å²) in [7, 11) is 0. The molecule has 8 heteroatoms. The highest BCUT2D eigenvalue weighted by Gasteiger charge is 2.27. The second kappa shape index (κ2) is 7.34. The Bertz CT molecular complexity index is 427. The molecule has 1 N–H and O–H groups in total. The van der Waals surface area contributed by atoms with Crippen LogP contribution in [0.2, 0.25) is 0 Å². The normalized spacial score (nSPS) is 11.5. The SMILES string of the molecule is O=[N+]([O-])c1ccccc1CCNCCSC(F)(F)F. The molecule has 19 heavy (non-hydrogen) atoms. The third kappa shape index (κ3) is 6.44. The molecule has 0 aliphatic heterocycles. The van der Waals surface area contributed by atoms with E-state index in [9.17, 15) is 23.3 Å². The minimum Gasteiger partial charge on any atom is -0.316 e. The number of halogens is 3. The smallest absolute Gasteiger partial charge is 0.316 e. The maximum atomic E-state index is 11.8. The van der Waals surface area contributed by atoms with Crippen molar-refractivity contribution in [2.75, 3.05) is 18.8 Å². The number of nitro benzene ring substituents is 1. The quantitative estimate of drug-likeness (QED) is 0.477. The summed E-state index contributed by atoms with van der Waals surface area (Å²) >= 11 is -0.0829.